The van der Waals surface area contributed by atoms with Crippen LogP contribution in [-0.2, 0) is 0 Å². The lowest BCUT2D eigenvalue weighted by Gasteiger charge is -2.23. The maximum atomic E-state index is 6.66. The second-order valence-electron chi connectivity index (χ2n) is 8.06. The predicted molar refractivity (Wildman–Crippen MR) is 121 cm³/mol. The quantitative estimate of drug-likeness (QED) is 0.464. The maximum Gasteiger partial charge on any atom is 0.156 e. The first-order valence-corrected chi connectivity index (χ1v) is 14.4. The van der Waals surface area contributed by atoms with Crippen LogP contribution in [0.25, 0.3) is 0 Å². The second kappa shape index (κ2) is 7.55. The predicted octanol–water partition coefficient (Wildman–Crippen LogP) is 4.02. The SMILES string of the molecule is Cc1cccc([Si](c2cc(C)cc([Si](C)(C)C)c2)c2ccccc2Cl)c1. The van der Waals surface area contributed by atoms with Gasteiger partial charge in [0.1, 0.15) is 0 Å². The second-order valence-corrected chi connectivity index (χ2v) is 16.0. The highest BCUT2D eigenvalue weighted by Gasteiger charge is 2.25. The molecular weight excluding hydrogens is 368 g/mol. The van der Waals surface area contributed by atoms with Crippen LogP contribution < -0.4 is 20.7 Å². The average Bonchev–Trinajstić information content (AvgIpc) is 2.56. The molecule has 0 N–H and O–H groups in total. The molecule has 3 aromatic carbocycles. The van der Waals surface area contributed by atoms with Gasteiger partial charge in [-0.2, -0.15) is 0 Å². The van der Waals surface area contributed by atoms with Gasteiger partial charge in [0, 0.05) is 5.02 Å². The number of aryl methyl sites for hydroxylation is 2. The molecular formula is C23H26ClSi2. The van der Waals surface area contributed by atoms with Gasteiger partial charge in [-0.1, -0.05) is 119 Å². The Morgan fingerprint density at radius 2 is 1.42 bits per heavy atom. The van der Waals surface area contributed by atoms with Crippen molar-refractivity contribution in [3.05, 3.63) is 82.9 Å². The molecule has 0 atom stereocenters. The third-order valence-corrected chi connectivity index (χ3v) is 9.92. The van der Waals surface area contributed by atoms with Crippen LogP contribution in [0.3, 0.4) is 0 Å². The molecule has 26 heavy (non-hydrogen) atoms. The zero-order valence-electron chi connectivity index (χ0n) is 16.2. The zero-order chi connectivity index (χ0) is 18.9. The van der Waals surface area contributed by atoms with Crippen LogP contribution in [0.5, 0.6) is 0 Å². The fourth-order valence-corrected chi connectivity index (χ4v) is 7.96. The van der Waals surface area contributed by atoms with Gasteiger partial charge in [-0.25, -0.2) is 0 Å². The molecule has 0 aliphatic heterocycles. The van der Waals surface area contributed by atoms with Crippen molar-refractivity contribution in [1.29, 1.82) is 0 Å². The minimum absolute atomic E-state index is 0.874. The molecule has 0 saturated carbocycles. The molecule has 0 saturated heterocycles. The maximum absolute atomic E-state index is 6.66. The highest BCUT2D eigenvalue weighted by Crippen LogP contribution is 2.09. The molecule has 0 amide bonds. The standard InChI is InChI=1S/C23H26ClSi2/c1-17-9-8-10-19(13-17)25(23-12-7-6-11-22(23)24)20-14-18(2)15-21(16-20)26(3,4)5/h6-16H,1-5H3. The molecule has 0 bridgehead atoms. The Bertz CT molecular complexity index is 925. The Morgan fingerprint density at radius 1 is 0.731 bits per heavy atom. The fourth-order valence-electron chi connectivity index (χ4n) is 3.30. The van der Waals surface area contributed by atoms with E-state index in [9.17, 15) is 0 Å². The summed E-state index contributed by atoms with van der Waals surface area (Å²) in [7, 11) is -2.53. The molecule has 133 valence electrons. The van der Waals surface area contributed by atoms with Gasteiger partial charge >= 0.3 is 0 Å². The van der Waals surface area contributed by atoms with Crippen LogP contribution in [-0.4, -0.2) is 16.9 Å². The van der Waals surface area contributed by atoms with E-state index >= 15 is 0 Å². The van der Waals surface area contributed by atoms with Gasteiger partial charge in [0.05, 0.1) is 8.07 Å². The molecule has 3 aromatic rings. The van der Waals surface area contributed by atoms with E-state index in [4.69, 9.17) is 11.6 Å². The van der Waals surface area contributed by atoms with Crippen LogP contribution >= 0.6 is 11.6 Å². The van der Waals surface area contributed by atoms with Gasteiger partial charge in [-0.3, -0.25) is 0 Å². The molecule has 1 radical (unpaired) electrons. The van der Waals surface area contributed by atoms with E-state index in [1.54, 1.807) is 0 Å². The van der Waals surface area contributed by atoms with E-state index in [-0.39, 0.29) is 0 Å². The molecule has 0 heterocycles. The van der Waals surface area contributed by atoms with Gasteiger partial charge in [0.2, 0.25) is 0 Å². The molecule has 0 aliphatic carbocycles. The first-order chi connectivity index (χ1) is 12.3. The van der Waals surface area contributed by atoms with E-state index in [1.165, 1.54) is 31.9 Å². The summed E-state index contributed by atoms with van der Waals surface area (Å²) >= 11 is 6.66. The van der Waals surface area contributed by atoms with Gasteiger partial charge in [0.15, 0.2) is 8.80 Å². The Labute approximate surface area is 165 Å². The van der Waals surface area contributed by atoms with Gasteiger partial charge in [-0.15, -0.1) is 0 Å². The Kier molecular flexibility index (Phi) is 5.56. The fraction of sp³-hybridized carbons (Fsp3) is 0.217. The van der Waals surface area contributed by atoms with Crippen molar-refractivity contribution in [2.45, 2.75) is 33.5 Å². The van der Waals surface area contributed by atoms with Crippen molar-refractivity contribution in [1.82, 2.24) is 0 Å². The van der Waals surface area contributed by atoms with Crippen molar-refractivity contribution < 1.29 is 0 Å². The smallest absolute Gasteiger partial charge is 0.0845 e. The molecule has 3 heteroatoms. The van der Waals surface area contributed by atoms with E-state index in [2.05, 4.69) is 88.1 Å². The third kappa shape index (κ3) is 4.20. The molecule has 0 spiro atoms. The first kappa shape index (κ1) is 19.2. The van der Waals surface area contributed by atoms with Gasteiger partial charge in [-0.05, 0) is 25.1 Å². The lowest BCUT2D eigenvalue weighted by atomic mass is 10.2. The number of hydrogen-bond acceptors (Lipinski definition) is 0. The number of hydrogen-bond donors (Lipinski definition) is 0. The average molecular weight is 394 g/mol. The van der Waals surface area contributed by atoms with E-state index in [1.807, 2.05) is 12.1 Å². The summed E-state index contributed by atoms with van der Waals surface area (Å²) in [5.74, 6) is 0. The van der Waals surface area contributed by atoms with Crippen molar-refractivity contribution in [2.24, 2.45) is 0 Å². The summed E-state index contributed by atoms with van der Waals surface area (Å²) in [6.45, 7) is 11.6. The largest absolute Gasteiger partial charge is 0.156 e. The van der Waals surface area contributed by atoms with Crippen LogP contribution in [0.2, 0.25) is 24.7 Å². The van der Waals surface area contributed by atoms with Crippen molar-refractivity contribution in [3.63, 3.8) is 0 Å². The summed E-state index contributed by atoms with van der Waals surface area (Å²) < 4.78 is 0. The van der Waals surface area contributed by atoms with Gasteiger partial charge in [0.25, 0.3) is 0 Å². The Morgan fingerprint density at radius 3 is 2.08 bits per heavy atom. The highest BCUT2D eigenvalue weighted by atomic mass is 35.5. The molecule has 3 rings (SSSR count). The monoisotopic (exact) mass is 393 g/mol. The van der Waals surface area contributed by atoms with Crippen molar-refractivity contribution >= 4 is 49.2 Å². The normalized spacial score (nSPS) is 11.8. The van der Waals surface area contributed by atoms with E-state index < -0.39 is 16.9 Å². The third-order valence-electron chi connectivity index (χ3n) is 4.68. The highest BCUT2D eigenvalue weighted by molar-refractivity contribution is 6.97. The topological polar surface area (TPSA) is 0 Å². The van der Waals surface area contributed by atoms with Crippen LogP contribution in [0.4, 0.5) is 0 Å². The van der Waals surface area contributed by atoms with Crippen LogP contribution in [0.15, 0.2) is 66.7 Å². The molecule has 0 fully saturated rings. The number of benzene rings is 3. The Balaban J connectivity index is 2.25. The minimum Gasteiger partial charge on any atom is -0.0845 e. The first-order valence-electron chi connectivity index (χ1n) is 9.07. The molecule has 0 nitrogen and oxygen atoms in total. The van der Waals surface area contributed by atoms with Crippen molar-refractivity contribution in [3.8, 4) is 0 Å². The van der Waals surface area contributed by atoms with E-state index in [0.29, 0.717) is 0 Å². The number of halogens is 1. The van der Waals surface area contributed by atoms with Crippen molar-refractivity contribution in [2.75, 3.05) is 0 Å². The van der Waals surface area contributed by atoms with Gasteiger partial charge < -0.3 is 0 Å². The van der Waals surface area contributed by atoms with Crippen LogP contribution in [0, 0.1) is 13.8 Å². The van der Waals surface area contributed by atoms with Crippen LogP contribution in [0.1, 0.15) is 11.1 Å². The zero-order valence-corrected chi connectivity index (χ0v) is 19.0. The summed E-state index contributed by atoms with van der Waals surface area (Å²) in [6.07, 6.45) is 0. The lowest BCUT2D eigenvalue weighted by Crippen LogP contribution is -2.54. The molecule has 0 aliphatic rings. The minimum atomic E-state index is -1.39. The molecule has 0 aromatic heterocycles. The Hall–Kier alpha value is -1.62. The summed E-state index contributed by atoms with van der Waals surface area (Å²) in [5, 5.41) is 6.51. The summed E-state index contributed by atoms with van der Waals surface area (Å²) in [4.78, 5) is 0. The summed E-state index contributed by atoms with van der Waals surface area (Å²) in [5.41, 5.74) is 2.65. The summed E-state index contributed by atoms with van der Waals surface area (Å²) in [6, 6.07) is 24.5. The number of rotatable bonds is 4. The molecule has 0 unspecified atom stereocenters. The lowest BCUT2D eigenvalue weighted by molar-refractivity contribution is 1.49. The van der Waals surface area contributed by atoms with E-state index in [0.717, 1.165) is 5.02 Å².